The Kier molecular flexibility index (Phi) is 16.4. The molecule has 0 aliphatic carbocycles. The minimum absolute atomic E-state index is 0.00505. The first kappa shape index (κ1) is 40.8. The number of hydrogen-bond donors (Lipinski definition) is 4. The van der Waals surface area contributed by atoms with Crippen molar-refractivity contribution in [2.45, 2.75) is 142 Å². The molecule has 0 amide bonds. The number of aliphatic hydroxyl groups is 4. The van der Waals surface area contributed by atoms with Gasteiger partial charge in [-0.25, -0.2) is 0 Å². The van der Waals surface area contributed by atoms with Gasteiger partial charge in [0.25, 0.3) is 0 Å². The Morgan fingerprint density at radius 2 is 1.32 bits per heavy atom. The zero-order chi connectivity index (χ0) is 35.5. The normalized spacial score (nSPS) is 30.9. The van der Waals surface area contributed by atoms with Crippen LogP contribution in [0, 0.1) is 17.8 Å². The second kappa shape index (κ2) is 19.0. The molecule has 2 fully saturated rings. The Morgan fingerprint density at radius 1 is 0.745 bits per heavy atom. The molecule has 0 aromatic carbocycles. The number of hydrogen-bond acceptors (Lipinski definition) is 15. The summed E-state index contributed by atoms with van der Waals surface area (Å²) in [5, 5.41) is 41.7. The number of esters is 4. The predicted molar refractivity (Wildman–Crippen MR) is 162 cm³/mol. The highest BCUT2D eigenvalue weighted by Crippen LogP contribution is 2.39. The average Bonchev–Trinajstić information content (AvgIpc) is 3.26. The number of carbonyl (C=O) groups excluding carboxylic acids is 4. The van der Waals surface area contributed by atoms with Crippen LogP contribution in [0.15, 0.2) is 0 Å². The van der Waals surface area contributed by atoms with Gasteiger partial charge >= 0.3 is 23.9 Å². The number of ether oxygens (including phenoxy) is 7. The van der Waals surface area contributed by atoms with Crippen molar-refractivity contribution in [3.8, 4) is 0 Å². The average molecular weight is 679 g/mol. The van der Waals surface area contributed by atoms with Crippen LogP contribution in [0.3, 0.4) is 0 Å². The second-order valence-corrected chi connectivity index (χ2v) is 13.1. The van der Waals surface area contributed by atoms with E-state index in [0.29, 0.717) is 12.3 Å². The van der Waals surface area contributed by atoms with Gasteiger partial charge in [-0.15, -0.1) is 0 Å². The van der Waals surface area contributed by atoms with Crippen molar-refractivity contribution in [2.24, 2.45) is 17.8 Å². The molecular formula is C32H54O15. The molecule has 4 N–H and O–H groups in total. The molecule has 0 aromatic rings. The van der Waals surface area contributed by atoms with Crippen LogP contribution in [0.5, 0.6) is 0 Å². The molecule has 272 valence electrons. The monoisotopic (exact) mass is 678 g/mol. The highest BCUT2D eigenvalue weighted by molar-refractivity contribution is 5.73. The van der Waals surface area contributed by atoms with Gasteiger partial charge in [0.05, 0.1) is 25.0 Å². The highest BCUT2D eigenvalue weighted by Gasteiger charge is 2.62. The summed E-state index contributed by atoms with van der Waals surface area (Å²) in [6.07, 6.45) is -8.40. The maximum Gasteiger partial charge on any atom is 0.308 e. The maximum atomic E-state index is 12.9. The molecule has 47 heavy (non-hydrogen) atoms. The van der Waals surface area contributed by atoms with Gasteiger partial charge in [-0.1, -0.05) is 67.2 Å². The van der Waals surface area contributed by atoms with E-state index in [9.17, 15) is 39.6 Å². The molecule has 0 bridgehead atoms. The summed E-state index contributed by atoms with van der Waals surface area (Å²) in [6.45, 7) is 8.94. The van der Waals surface area contributed by atoms with Gasteiger partial charge in [-0.3, -0.25) is 19.2 Å². The molecule has 0 saturated carbocycles. The zero-order valence-corrected chi connectivity index (χ0v) is 28.5. The van der Waals surface area contributed by atoms with Crippen LogP contribution < -0.4 is 0 Å². The second-order valence-electron chi connectivity index (χ2n) is 13.1. The Morgan fingerprint density at radius 3 is 1.83 bits per heavy atom. The molecule has 0 spiro atoms. The number of rotatable bonds is 18. The smallest absolute Gasteiger partial charge is 0.308 e. The van der Waals surface area contributed by atoms with Crippen molar-refractivity contribution in [3.63, 3.8) is 0 Å². The van der Waals surface area contributed by atoms with Gasteiger partial charge in [-0.2, -0.15) is 0 Å². The number of unbranched alkanes of at least 4 members (excludes halogenated alkanes) is 3. The van der Waals surface area contributed by atoms with E-state index in [4.69, 9.17) is 33.2 Å². The van der Waals surface area contributed by atoms with Crippen LogP contribution in [-0.4, -0.2) is 119 Å². The fourth-order valence-electron chi connectivity index (χ4n) is 5.24. The summed E-state index contributed by atoms with van der Waals surface area (Å²) in [5.74, 6) is -6.21. The van der Waals surface area contributed by atoms with E-state index in [-0.39, 0.29) is 6.42 Å². The lowest BCUT2D eigenvalue weighted by atomic mass is 9.97. The summed E-state index contributed by atoms with van der Waals surface area (Å²) in [4.78, 5) is 50.6. The van der Waals surface area contributed by atoms with Crippen LogP contribution in [0.2, 0.25) is 0 Å². The van der Waals surface area contributed by atoms with E-state index in [0.717, 1.165) is 32.6 Å². The fraction of sp³-hybridized carbons (Fsp3) is 0.875. The molecule has 2 aliphatic rings. The van der Waals surface area contributed by atoms with Gasteiger partial charge in [0, 0.05) is 13.3 Å². The topological polar surface area (TPSA) is 214 Å². The van der Waals surface area contributed by atoms with E-state index < -0.39 is 110 Å². The molecule has 2 heterocycles. The van der Waals surface area contributed by atoms with E-state index in [1.807, 2.05) is 0 Å². The third-order valence-electron chi connectivity index (χ3n) is 7.88. The van der Waals surface area contributed by atoms with Gasteiger partial charge in [0.1, 0.15) is 24.9 Å². The molecule has 9 atom stereocenters. The Hall–Kier alpha value is -2.40. The molecule has 0 aromatic heterocycles. The SMILES string of the molecule is CC(=O)O[C@@H]1[C@H](O[C@@]2(CO)O[C@@H](CO)[C@H](O)[C@H]2OC(=O)CCCCCCC(C)C)O[C@@H](CO)[C@H](OC(=O)C(C)C)[C@H]1OC(=O)C(C)C. The molecule has 15 heteroatoms. The third-order valence-corrected chi connectivity index (χ3v) is 7.88. The van der Waals surface area contributed by atoms with Crippen LogP contribution in [0.25, 0.3) is 0 Å². The first-order chi connectivity index (χ1) is 22.1. The summed E-state index contributed by atoms with van der Waals surface area (Å²) in [5.41, 5.74) is 0. The lowest BCUT2D eigenvalue weighted by molar-refractivity contribution is -0.384. The van der Waals surface area contributed by atoms with E-state index in [2.05, 4.69) is 13.8 Å². The molecular weight excluding hydrogens is 624 g/mol. The molecule has 0 radical (unpaired) electrons. The summed E-state index contributed by atoms with van der Waals surface area (Å²) < 4.78 is 39.9. The standard InChI is InChI=1S/C32H54O15/c1-17(2)12-10-8-9-11-13-23(37)43-28-24(38)21(14-33)46-32(28,16-35)47-31-27(41-20(7)36)26(45-30(40)19(5)6)25(22(15-34)42-31)44-29(39)18(3)4/h17-19,21-22,24-28,31,33-35,38H,8-16H2,1-7H3/t21-,22-,24-,25-,26+,27-,28+,31-,32+/m0/s1. The lowest BCUT2D eigenvalue weighted by Crippen LogP contribution is -2.65. The summed E-state index contributed by atoms with van der Waals surface area (Å²) in [7, 11) is 0. The van der Waals surface area contributed by atoms with Crippen molar-refractivity contribution in [1.82, 2.24) is 0 Å². The molecule has 2 saturated heterocycles. The summed E-state index contributed by atoms with van der Waals surface area (Å²) >= 11 is 0. The molecule has 2 aliphatic heterocycles. The first-order valence-corrected chi connectivity index (χ1v) is 16.4. The van der Waals surface area contributed by atoms with E-state index in [1.54, 1.807) is 27.7 Å². The van der Waals surface area contributed by atoms with Crippen LogP contribution >= 0.6 is 0 Å². The number of aliphatic hydroxyl groups excluding tert-OH is 4. The molecule has 0 unspecified atom stereocenters. The van der Waals surface area contributed by atoms with E-state index >= 15 is 0 Å². The zero-order valence-electron chi connectivity index (χ0n) is 28.5. The van der Waals surface area contributed by atoms with Gasteiger partial charge in [-0.05, 0) is 12.3 Å². The lowest BCUT2D eigenvalue weighted by Gasteiger charge is -2.46. The minimum atomic E-state index is -2.38. The molecule has 15 nitrogen and oxygen atoms in total. The summed E-state index contributed by atoms with van der Waals surface area (Å²) in [6, 6.07) is 0. The van der Waals surface area contributed by atoms with Crippen LogP contribution in [0.1, 0.15) is 87.0 Å². The van der Waals surface area contributed by atoms with Crippen molar-refractivity contribution in [3.05, 3.63) is 0 Å². The van der Waals surface area contributed by atoms with Crippen molar-refractivity contribution in [1.29, 1.82) is 0 Å². The maximum absolute atomic E-state index is 12.9. The van der Waals surface area contributed by atoms with Gasteiger partial charge < -0.3 is 53.6 Å². The van der Waals surface area contributed by atoms with Crippen LogP contribution in [0.4, 0.5) is 0 Å². The van der Waals surface area contributed by atoms with Gasteiger partial charge in [0.2, 0.25) is 12.1 Å². The minimum Gasteiger partial charge on any atom is -0.455 e. The van der Waals surface area contributed by atoms with Crippen molar-refractivity contribution >= 4 is 23.9 Å². The van der Waals surface area contributed by atoms with Gasteiger partial charge in [0.15, 0.2) is 24.4 Å². The van der Waals surface area contributed by atoms with Crippen LogP contribution in [-0.2, 0) is 52.3 Å². The third kappa shape index (κ3) is 11.3. The fourth-order valence-corrected chi connectivity index (χ4v) is 5.24. The Balaban J connectivity index is 2.42. The largest absolute Gasteiger partial charge is 0.455 e. The Labute approximate surface area is 276 Å². The van der Waals surface area contributed by atoms with Crippen molar-refractivity contribution < 1.29 is 72.8 Å². The number of carbonyl (C=O) groups is 4. The molecule has 2 rings (SSSR count). The van der Waals surface area contributed by atoms with Crippen molar-refractivity contribution in [2.75, 3.05) is 19.8 Å². The highest BCUT2D eigenvalue weighted by atomic mass is 16.8. The quantitative estimate of drug-likeness (QED) is 0.0909. The Bertz CT molecular complexity index is 1020. The predicted octanol–water partition coefficient (Wildman–Crippen LogP) is 1.14. The first-order valence-electron chi connectivity index (χ1n) is 16.4. The van der Waals surface area contributed by atoms with E-state index in [1.165, 1.54) is 0 Å².